The van der Waals surface area contributed by atoms with Crippen molar-refractivity contribution in [3.63, 3.8) is 0 Å². The first kappa shape index (κ1) is 18.5. The molecule has 3 amide bonds. The number of likely N-dealkylation sites (tertiary alicyclic amines) is 1. The predicted octanol–water partition coefficient (Wildman–Crippen LogP) is 1.54. The van der Waals surface area contributed by atoms with Crippen molar-refractivity contribution in [1.29, 1.82) is 0 Å². The van der Waals surface area contributed by atoms with Gasteiger partial charge in [0.2, 0.25) is 5.91 Å². The van der Waals surface area contributed by atoms with E-state index in [0.717, 1.165) is 31.6 Å². The fraction of sp³-hybridized carbons (Fsp3) is 0.579. The van der Waals surface area contributed by atoms with Gasteiger partial charge in [0, 0.05) is 37.8 Å². The zero-order valence-corrected chi connectivity index (χ0v) is 15.8. The maximum Gasteiger partial charge on any atom is 0.317 e. The van der Waals surface area contributed by atoms with Crippen LogP contribution in [-0.2, 0) is 4.79 Å². The van der Waals surface area contributed by atoms with Gasteiger partial charge in [-0.3, -0.25) is 4.79 Å². The van der Waals surface area contributed by atoms with Crippen molar-refractivity contribution in [2.75, 3.05) is 45.7 Å². The van der Waals surface area contributed by atoms with Crippen LogP contribution in [0.2, 0.25) is 0 Å². The van der Waals surface area contributed by atoms with Gasteiger partial charge in [-0.1, -0.05) is 6.07 Å². The summed E-state index contributed by atoms with van der Waals surface area (Å²) in [6.45, 7) is 2.50. The van der Waals surface area contributed by atoms with Crippen LogP contribution >= 0.6 is 0 Å². The number of nitrogens with zero attached hydrogens (tertiary/aromatic N) is 3. The molecule has 0 bridgehead atoms. The summed E-state index contributed by atoms with van der Waals surface area (Å²) in [5.74, 6) is 0.732. The molecule has 2 fully saturated rings. The van der Waals surface area contributed by atoms with E-state index >= 15 is 0 Å². The Balaban J connectivity index is 1.57. The van der Waals surface area contributed by atoms with Crippen LogP contribution in [0.15, 0.2) is 24.3 Å². The van der Waals surface area contributed by atoms with Gasteiger partial charge in [0.05, 0.1) is 13.2 Å². The SMILES string of the molecule is COc1cccc(N2C[C@@H](NC(=O)N(C)C3CCN(C)CC3)CC2=O)c1. The third-order valence-corrected chi connectivity index (χ3v) is 5.37. The van der Waals surface area contributed by atoms with Gasteiger partial charge >= 0.3 is 6.03 Å². The van der Waals surface area contributed by atoms with E-state index < -0.39 is 0 Å². The fourth-order valence-corrected chi connectivity index (χ4v) is 3.66. The van der Waals surface area contributed by atoms with Crippen LogP contribution in [0, 0.1) is 0 Å². The highest BCUT2D eigenvalue weighted by atomic mass is 16.5. The van der Waals surface area contributed by atoms with Crippen LogP contribution in [0.1, 0.15) is 19.3 Å². The molecule has 1 aromatic carbocycles. The van der Waals surface area contributed by atoms with Crippen molar-refractivity contribution in [3.05, 3.63) is 24.3 Å². The normalized spacial score (nSPS) is 21.7. The molecule has 0 radical (unpaired) electrons. The Kier molecular flexibility index (Phi) is 5.66. The Morgan fingerprint density at radius 2 is 2.04 bits per heavy atom. The second-order valence-corrected chi connectivity index (χ2v) is 7.20. The summed E-state index contributed by atoms with van der Waals surface area (Å²) in [6.07, 6.45) is 2.30. The molecular formula is C19H28N4O3. The van der Waals surface area contributed by atoms with E-state index in [1.807, 2.05) is 31.3 Å². The number of methoxy groups -OCH3 is 1. The largest absolute Gasteiger partial charge is 0.497 e. The molecule has 0 saturated carbocycles. The van der Waals surface area contributed by atoms with Crippen LogP contribution in [0.4, 0.5) is 10.5 Å². The number of urea groups is 1. The van der Waals surface area contributed by atoms with Gasteiger partial charge in [-0.05, 0) is 45.1 Å². The molecule has 1 atom stereocenters. The Labute approximate surface area is 154 Å². The first-order valence-corrected chi connectivity index (χ1v) is 9.14. The summed E-state index contributed by atoms with van der Waals surface area (Å²) in [5.41, 5.74) is 0.801. The van der Waals surface area contributed by atoms with Crippen molar-refractivity contribution in [3.8, 4) is 5.75 Å². The quantitative estimate of drug-likeness (QED) is 0.885. The van der Waals surface area contributed by atoms with Gasteiger partial charge in [-0.2, -0.15) is 0 Å². The van der Waals surface area contributed by atoms with Crippen LogP contribution in [0.25, 0.3) is 0 Å². The van der Waals surface area contributed by atoms with Crippen LogP contribution < -0.4 is 15.0 Å². The van der Waals surface area contributed by atoms with E-state index in [9.17, 15) is 9.59 Å². The number of carbonyl (C=O) groups excluding carboxylic acids is 2. The highest BCUT2D eigenvalue weighted by Crippen LogP contribution is 2.25. The molecule has 0 spiro atoms. The summed E-state index contributed by atoms with van der Waals surface area (Å²) in [7, 11) is 5.56. The van der Waals surface area contributed by atoms with Crippen molar-refractivity contribution < 1.29 is 14.3 Å². The Bertz CT molecular complexity index is 658. The Morgan fingerprint density at radius 1 is 1.31 bits per heavy atom. The minimum atomic E-state index is -0.171. The summed E-state index contributed by atoms with van der Waals surface area (Å²) in [5, 5.41) is 3.03. The first-order valence-electron chi connectivity index (χ1n) is 9.14. The minimum Gasteiger partial charge on any atom is -0.497 e. The molecule has 7 heteroatoms. The van der Waals surface area contributed by atoms with E-state index in [2.05, 4.69) is 17.3 Å². The number of anilines is 1. The van der Waals surface area contributed by atoms with Gasteiger partial charge in [0.15, 0.2) is 0 Å². The third-order valence-electron chi connectivity index (χ3n) is 5.37. The molecule has 142 valence electrons. The van der Waals surface area contributed by atoms with Gasteiger partial charge in [-0.15, -0.1) is 0 Å². The summed E-state index contributed by atoms with van der Waals surface area (Å²) in [6, 6.07) is 7.43. The molecule has 3 rings (SSSR count). The number of benzene rings is 1. The first-order chi connectivity index (χ1) is 12.5. The lowest BCUT2D eigenvalue weighted by Crippen LogP contribution is -2.50. The Morgan fingerprint density at radius 3 is 2.73 bits per heavy atom. The fourth-order valence-electron chi connectivity index (χ4n) is 3.66. The predicted molar refractivity (Wildman–Crippen MR) is 101 cm³/mol. The van der Waals surface area contributed by atoms with E-state index in [-0.39, 0.29) is 24.0 Å². The van der Waals surface area contributed by atoms with Crippen molar-refractivity contribution >= 4 is 17.6 Å². The lowest BCUT2D eigenvalue weighted by atomic mass is 10.0. The van der Waals surface area contributed by atoms with E-state index in [1.165, 1.54) is 0 Å². The van der Waals surface area contributed by atoms with Crippen LogP contribution in [-0.4, -0.2) is 74.7 Å². The molecule has 2 aliphatic heterocycles. The number of hydrogen-bond acceptors (Lipinski definition) is 4. The van der Waals surface area contributed by atoms with Crippen molar-refractivity contribution in [2.45, 2.75) is 31.3 Å². The zero-order chi connectivity index (χ0) is 18.7. The summed E-state index contributed by atoms with van der Waals surface area (Å²) in [4.78, 5) is 30.8. The lowest BCUT2D eigenvalue weighted by molar-refractivity contribution is -0.117. The number of ether oxygens (including phenoxy) is 1. The molecular weight excluding hydrogens is 332 g/mol. The van der Waals surface area contributed by atoms with E-state index in [0.29, 0.717) is 18.7 Å². The standard InChI is InChI=1S/C19H28N4O3/c1-21-9-7-15(8-10-21)22(2)19(25)20-14-11-18(24)23(13-14)16-5-4-6-17(12-16)26-3/h4-6,12,14-15H,7-11,13H2,1-3H3,(H,20,25)/t14-/m0/s1. The monoisotopic (exact) mass is 360 g/mol. The maximum atomic E-state index is 12.6. The highest BCUT2D eigenvalue weighted by molar-refractivity contribution is 5.97. The summed E-state index contributed by atoms with van der Waals surface area (Å²) >= 11 is 0. The number of nitrogens with one attached hydrogen (secondary N) is 1. The van der Waals surface area contributed by atoms with Crippen molar-refractivity contribution in [1.82, 2.24) is 15.1 Å². The lowest BCUT2D eigenvalue weighted by Gasteiger charge is -2.35. The topological polar surface area (TPSA) is 65.1 Å². The molecule has 26 heavy (non-hydrogen) atoms. The number of hydrogen-bond donors (Lipinski definition) is 1. The van der Waals surface area contributed by atoms with Gasteiger partial charge in [0.25, 0.3) is 0 Å². The van der Waals surface area contributed by atoms with Crippen LogP contribution in [0.3, 0.4) is 0 Å². The average Bonchev–Trinajstić information content (AvgIpc) is 3.02. The van der Waals surface area contributed by atoms with Gasteiger partial charge in [0.1, 0.15) is 5.75 Å². The zero-order valence-electron chi connectivity index (χ0n) is 15.8. The molecule has 1 N–H and O–H groups in total. The molecule has 2 saturated heterocycles. The van der Waals surface area contributed by atoms with E-state index in [4.69, 9.17) is 4.74 Å². The Hall–Kier alpha value is -2.28. The number of piperidine rings is 1. The van der Waals surface area contributed by atoms with Crippen molar-refractivity contribution in [2.24, 2.45) is 0 Å². The van der Waals surface area contributed by atoms with Gasteiger partial charge in [-0.25, -0.2) is 4.79 Å². The number of carbonyl (C=O) groups is 2. The average molecular weight is 360 g/mol. The maximum absolute atomic E-state index is 12.6. The second kappa shape index (κ2) is 7.95. The molecule has 7 nitrogen and oxygen atoms in total. The number of amides is 3. The number of rotatable bonds is 4. The molecule has 0 unspecified atom stereocenters. The van der Waals surface area contributed by atoms with E-state index in [1.54, 1.807) is 16.9 Å². The minimum absolute atomic E-state index is 0.0190. The molecule has 0 aliphatic carbocycles. The molecule has 2 aliphatic rings. The van der Waals surface area contributed by atoms with Gasteiger partial charge < -0.3 is 24.8 Å². The third kappa shape index (κ3) is 4.09. The second-order valence-electron chi connectivity index (χ2n) is 7.20. The van der Waals surface area contributed by atoms with Crippen LogP contribution in [0.5, 0.6) is 5.75 Å². The summed E-state index contributed by atoms with van der Waals surface area (Å²) < 4.78 is 5.23. The smallest absolute Gasteiger partial charge is 0.317 e. The molecule has 2 heterocycles. The highest BCUT2D eigenvalue weighted by Gasteiger charge is 2.33. The molecule has 0 aromatic heterocycles. The molecule has 1 aromatic rings.